The minimum atomic E-state index is 0.271. The summed E-state index contributed by atoms with van der Waals surface area (Å²) in [5.74, 6) is 0. The zero-order chi connectivity index (χ0) is 11.8. The Morgan fingerprint density at radius 2 is 2.00 bits per heavy atom. The highest BCUT2D eigenvalue weighted by Crippen LogP contribution is 2.25. The van der Waals surface area contributed by atoms with Crippen molar-refractivity contribution in [3.8, 4) is 11.4 Å². The fourth-order valence-electron chi connectivity index (χ4n) is 2.01. The smallest absolute Gasteiger partial charge is 0.222 e. The third-order valence-electron chi connectivity index (χ3n) is 2.84. The number of nitrogens with zero attached hydrogens (tertiary/aromatic N) is 3. The molecule has 0 fully saturated rings. The molecule has 3 rings (SSSR count). The van der Waals surface area contributed by atoms with E-state index < -0.39 is 0 Å². The van der Waals surface area contributed by atoms with Gasteiger partial charge in [0.25, 0.3) is 0 Å². The van der Waals surface area contributed by atoms with Gasteiger partial charge in [-0.25, -0.2) is 9.97 Å². The molecule has 0 bridgehead atoms. The van der Waals surface area contributed by atoms with Crippen LogP contribution in [0.15, 0.2) is 42.6 Å². The maximum absolute atomic E-state index is 5.81. The summed E-state index contributed by atoms with van der Waals surface area (Å²) in [6.45, 7) is 0. The highest BCUT2D eigenvalue weighted by Gasteiger charge is 2.08. The van der Waals surface area contributed by atoms with Gasteiger partial charge in [0.2, 0.25) is 5.28 Å². The summed E-state index contributed by atoms with van der Waals surface area (Å²) in [5, 5.41) is 1.47. The summed E-state index contributed by atoms with van der Waals surface area (Å²) in [5.41, 5.74) is 3.05. The Kier molecular flexibility index (Phi) is 2.34. The van der Waals surface area contributed by atoms with E-state index in [0.717, 1.165) is 11.4 Å². The topological polar surface area (TPSA) is 30.7 Å². The van der Waals surface area contributed by atoms with Gasteiger partial charge in [-0.1, -0.05) is 18.2 Å². The van der Waals surface area contributed by atoms with E-state index in [1.165, 1.54) is 10.9 Å². The van der Waals surface area contributed by atoms with E-state index in [9.17, 15) is 0 Å². The van der Waals surface area contributed by atoms with E-state index in [0.29, 0.717) is 0 Å². The van der Waals surface area contributed by atoms with Gasteiger partial charge in [-0.15, -0.1) is 0 Å². The number of halogens is 1. The third-order valence-corrected chi connectivity index (χ3v) is 3.02. The average Bonchev–Trinajstić information content (AvgIpc) is 2.68. The van der Waals surface area contributed by atoms with Crippen LogP contribution in [-0.2, 0) is 7.05 Å². The van der Waals surface area contributed by atoms with Crippen LogP contribution < -0.4 is 0 Å². The number of para-hydroxylation sites is 1. The largest absolute Gasteiger partial charge is 0.342 e. The van der Waals surface area contributed by atoms with Crippen molar-refractivity contribution in [2.45, 2.75) is 0 Å². The molecular weight excluding hydrogens is 234 g/mol. The van der Waals surface area contributed by atoms with Crippen LogP contribution in [0.25, 0.3) is 22.3 Å². The Bertz CT molecular complexity index is 688. The molecule has 0 spiro atoms. The van der Waals surface area contributed by atoms with Gasteiger partial charge < -0.3 is 4.57 Å². The highest BCUT2D eigenvalue weighted by atomic mass is 35.5. The minimum absolute atomic E-state index is 0.271. The normalized spacial score (nSPS) is 10.9. The molecule has 0 saturated heterocycles. The number of hydrogen-bond acceptors (Lipinski definition) is 2. The SMILES string of the molecule is Cn1c(-c2ccnc(Cl)n2)cc2ccccc21. The molecular formula is C13H10ClN3. The molecule has 0 aliphatic rings. The fraction of sp³-hybridized carbons (Fsp3) is 0.0769. The van der Waals surface area contributed by atoms with Gasteiger partial charge in [0.1, 0.15) is 0 Å². The maximum atomic E-state index is 5.81. The summed E-state index contributed by atoms with van der Waals surface area (Å²) >= 11 is 5.81. The van der Waals surface area contributed by atoms with E-state index in [-0.39, 0.29) is 5.28 Å². The molecule has 3 nitrogen and oxygen atoms in total. The second kappa shape index (κ2) is 3.86. The lowest BCUT2D eigenvalue weighted by Crippen LogP contribution is -1.94. The quantitative estimate of drug-likeness (QED) is 0.614. The molecule has 3 aromatic rings. The third kappa shape index (κ3) is 1.68. The van der Waals surface area contributed by atoms with Crippen LogP contribution in [0, 0.1) is 0 Å². The molecule has 0 amide bonds. The van der Waals surface area contributed by atoms with Crippen molar-refractivity contribution in [2.24, 2.45) is 7.05 Å². The van der Waals surface area contributed by atoms with Gasteiger partial charge in [0, 0.05) is 24.1 Å². The van der Waals surface area contributed by atoms with Gasteiger partial charge >= 0.3 is 0 Å². The van der Waals surface area contributed by atoms with Gasteiger partial charge in [0.05, 0.1) is 11.4 Å². The van der Waals surface area contributed by atoms with Crippen molar-refractivity contribution >= 4 is 22.5 Å². The molecule has 4 heteroatoms. The number of aromatic nitrogens is 3. The number of aryl methyl sites for hydroxylation is 1. The van der Waals surface area contributed by atoms with Crippen molar-refractivity contribution in [1.29, 1.82) is 0 Å². The first-order chi connectivity index (χ1) is 8.25. The van der Waals surface area contributed by atoms with E-state index in [4.69, 9.17) is 11.6 Å². The fourth-order valence-corrected chi connectivity index (χ4v) is 2.16. The van der Waals surface area contributed by atoms with Crippen molar-refractivity contribution in [1.82, 2.24) is 14.5 Å². The van der Waals surface area contributed by atoms with Crippen LogP contribution in [0.2, 0.25) is 5.28 Å². The Morgan fingerprint density at radius 3 is 2.76 bits per heavy atom. The van der Waals surface area contributed by atoms with Crippen molar-refractivity contribution < 1.29 is 0 Å². The molecule has 17 heavy (non-hydrogen) atoms. The first-order valence-corrected chi connectivity index (χ1v) is 5.67. The lowest BCUT2D eigenvalue weighted by atomic mass is 10.2. The second-order valence-corrected chi connectivity index (χ2v) is 4.20. The summed E-state index contributed by atoms with van der Waals surface area (Å²) < 4.78 is 2.11. The van der Waals surface area contributed by atoms with Crippen molar-refractivity contribution in [2.75, 3.05) is 0 Å². The Hall–Kier alpha value is -1.87. The number of hydrogen-bond donors (Lipinski definition) is 0. The van der Waals surface area contributed by atoms with Gasteiger partial charge in [0.15, 0.2) is 0 Å². The van der Waals surface area contributed by atoms with Gasteiger partial charge in [-0.2, -0.15) is 0 Å². The van der Waals surface area contributed by atoms with E-state index in [2.05, 4.69) is 32.7 Å². The van der Waals surface area contributed by atoms with Crippen LogP contribution in [0.5, 0.6) is 0 Å². The first kappa shape index (κ1) is 10.3. The van der Waals surface area contributed by atoms with Gasteiger partial charge in [-0.3, -0.25) is 0 Å². The molecule has 0 radical (unpaired) electrons. The summed E-state index contributed by atoms with van der Waals surface area (Å²) in [6, 6.07) is 12.2. The van der Waals surface area contributed by atoms with Crippen LogP contribution in [0.4, 0.5) is 0 Å². The molecule has 2 aromatic heterocycles. The number of rotatable bonds is 1. The van der Waals surface area contributed by atoms with Crippen LogP contribution in [-0.4, -0.2) is 14.5 Å². The van der Waals surface area contributed by atoms with E-state index >= 15 is 0 Å². The number of fused-ring (bicyclic) bond motifs is 1. The van der Waals surface area contributed by atoms with Crippen molar-refractivity contribution in [3.05, 3.63) is 47.9 Å². The highest BCUT2D eigenvalue weighted by molar-refractivity contribution is 6.28. The molecule has 0 saturated carbocycles. The predicted molar refractivity (Wildman–Crippen MR) is 69.0 cm³/mol. The molecule has 1 aromatic carbocycles. The lowest BCUT2D eigenvalue weighted by molar-refractivity contribution is 0.967. The maximum Gasteiger partial charge on any atom is 0.222 e. The minimum Gasteiger partial charge on any atom is -0.342 e. The van der Waals surface area contributed by atoms with Crippen LogP contribution in [0.1, 0.15) is 0 Å². The average molecular weight is 244 g/mol. The summed E-state index contributed by atoms with van der Waals surface area (Å²) in [4.78, 5) is 8.13. The monoisotopic (exact) mass is 243 g/mol. The van der Waals surface area contributed by atoms with E-state index in [1.807, 2.05) is 25.2 Å². The molecule has 0 aliphatic heterocycles. The molecule has 2 heterocycles. The second-order valence-electron chi connectivity index (χ2n) is 3.86. The zero-order valence-corrected chi connectivity index (χ0v) is 10.0. The van der Waals surface area contributed by atoms with Crippen molar-refractivity contribution in [3.63, 3.8) is 0 Å². The summed E-state index contributed by atoms with van der Waals surface area (Å²) in [7, 11) is 2.02. The first-order valence-electron chi connectivity index (χ1n) is 5.29. The lowest BCUT2D eigenvalue weighted by Gasteiger charge is -2.03. The molecule has 0 atom stereocenters. The Morgan fingerprint density at radius 1 is 1.18 bits per heavy atom. The molecule has 0 N–H and O–H groups in total. The molecule has 0 aliphatic carbocycles. The van der Waals surface area contributed by atoms with Gasteiger partial charge in [-0.05, 0) is 29.8 Å². The Labute approximate surface area is 104 Å². The zero-order valence-electron chi connectivity index (χ0n) is 9.26. The van der Waals surface area contributed by atoms with Crippen LogP contribution in [0.3, 0.4) is 0 Å². The summed E-state index contributed by atoms with van der Waals surface area (Å²) in [6.07, 6.45) is 1.67. The van der Waals surface area contributed by atoms with Crippen LogP contribution >= 0.6 is 11.6 Å². The standard InChI is InChI=1S/C13H10ClN3/c1-17-11-5-3-2-4-9(11)8-12(17)10-6-7-15-13(14)16-10/h2-8H,1H3. The molecule has 0 unspecified atom stereocenters. The number of benzene rings is 1. The Balaban J connectivity index is 2.27. The predicted octanol–water partition coefficient (Wildman–Crippen LogP) is 3.29. The van der Waals surface area contributed by atoms with E-state index in [1.54, 1.807) is 6.20 Å². The molecule has 84 valence electrons.